The van der Waals surface area contributed by atoms with Crippen LogP contribution < -0.4 is 5.32 Å². The topological polar surface area (TPSA) is 21.3 Å². The van der Waals surface area contributed by atoms with Crippen LogP contribution in [0.4, 0.5) is 0 Å². The lowest BCUT2D eigenvalue weighted by Crippen LogP contribution is -2.23. The van der Waals surface area contributed by atoms with Gasteiger partial charge in [-0.25, -0.2) is 0 Å². The molecule has 0 saturated heterocycles. The maximum atomic E-state index is 5.67. The summed E-state index contributed by atoms with van der Waals surface area (Å²) in [5, 5.41) is 3.44. The number of hydrogen-bond acceptors (Lipinski definition) is 2. The smallest absolute Gasteiger partial charge is 0.0469 e. The highest BCUT2D eigenvalue weighted by Gasteiger charge is 2.06. The van der Waals surface area contributed by atoms with Crippen molar-refractivity contribution in [3.05, 3.63) is 0 Å². The van der Waals surface area contributed by atoms with Crippen molar-refractivity contribution >= 4 is 0 Å². The predicted molar refractivity (Wildman–Crippen MR) is 71.8 cm³/mol. The Balaban J connectivity index is 3.43. The maximum absolute atomic E-state index is 5.67. The minimum Gasteiger partial charge on any atom is -0.381 e. The summed E-state index contributed by atoms with van der Waals surface area (Å²) in [5.74, 6) is 1.55. The first-order valence-corrected chi connectivity index (χ1v) is 6.99. The molecule has 98 valence electrons. The largest absolute Gasteiger partial charge is 0.381 e. The van der Waals surface area contributed by atoms with Crippen molar-refractivity contribution in [1.82, 2.24) is 5.32 Å². The van der Waals surface area contributed by atoms with E-state index in [9.17, 15) is 0 Å². The molecule has 2 heteroatoms. The van der Waals surface area contributed by atoms with Crippen LogP contribution in [0, 0.1) is 11.8 Å². The maximum Gasteiger partial charge on any atom is 0.0469 e. The SMILES string of the molecule is CCCC(CCOCCC(C)C)CNCC. The Morgan fingerprint density at radius 2 is 1.69 bits per heavy atom. The fourth-order valence-electron chi connectivity index (χ4n) is 1.78. The minimum atomic E-state index is 0.758. The van der Waals surface area contributed by atoms with Crippen molar-refractivity contribution in [2.24, 2.45) is 11.8 Å². The quantitative estimate of drug-likeness (QED) is 0.548. The number of nitrogens with one attached hydrogen (secondary N) is 1. The van der Waals surface area contributed by atoms with Gasteiger partial charge in [0, 0.05) is 13.2 Å². The minimum absolute atomic E-state index is 0.758. The lowest BCUT2D eigenvalue weighted by Gasteiger charge is -2.16. The lowest BCUT2D eigenvalue weighted by atomic mass is 10.0. The highest BCUT2D eigenvalue weighted by molar-refractivity contribution is 4.61. The van der Waals surface area contributed by atoms with Gasteiger partial charge in [0.2, 0.25) is 0 Å². The molecule has 0 radical (unpaired) electrons. The first kappa shape index (κ1) is 15.9. The molecule has 0 aliphatic rings. The van der Waals surface area contributed by atoms with Crippen LogP contribution in [0.5, 0.6) is 0 Å². The molecule has 0 aliphatic heterocycles. The molecule has 0 aliphatic carbocycles. The van der Waals surface area contributed by atoms with Crippen molar-refractivity contribution in [2.75, 3.05) is 26.3 Å². The van der Waals surface area contributed by atoms with Gasteiger partial charge < -0.3 is 10.1 Å². The van der Waals surface area contributed by atoms with Gasteiger partial charge in [0.1, 0.15) is 0 Å². The fraction of sp³-hybridized carbons (Fsp3) is 1.00. The van der Waals surface area contributed by atoms with E-state index in [0.717, 1.165) is 38.1 Å². The molecule has 1 unspecified atom stereocenters. The van der Waals surface area contributed by atoms with E-state index < -0.39 is 0 Å². The molecule has 1 atom stereocenters. The molecule has 0 heterocycles. The zero-order chi connectivity index (χ0) is 12.2. The van der Waals surface area contributed by atoms with Crippen LogP contribution in [0.3, 0.4) is 0 Å². The second-order valence-electron chi connectivity index (χ2n) is 5.05. The van der Waals surface area contributed by atoms with Crippen LogP contribution >= 0.6 is 0 Å². The summed E-state index contributed by atoms with van der Waals surface area (Å²) in [5.41, 5.74) is 0. The molecule has 0 aromatic rings. The number of rotatable bonds is 11. The Morgan fingerprint density at radius 3 is 2.25 bits per heavy atom. The third-order valence-electron chi connectivity index (χ3n) is 2.89. The van der Waals surface area contributed by atoms with Gasteiger partial charge in [-0.15, -0.1) is 0 Å². The third-order valence-corrected chi connectivity index (χ3v) is 2.89. The van der Waals surface area contributed by atoms with E-state index in [1.807, 2.05) is 0 Å². The van der Waals surface area contributed by atoms with Gasteiger partial charge in [0.15, 0.2) is 0 Å². The van der Waals surface area contributed by atoms with Gasteiger partial charge in [-0.1, -0.05) is 34.1 Å². The van der Waals surface area contributed by atoms with Crippen LogP contribution in [0.15, 0.2) is 0 Å². The molecule has 0 spiro atoms. The van der Waals surface area contributed by atoms with E-state index >= 15 is 0 Å². The van der Waals surface area contributed by atoms with Gasteiger partial charge in [-0.2, -0.15) is 0 Å². The second kappa shape index (κ2) is 11.4. The summed E-state index contributed by atoms with van der Waals surface area (Å²) in [6, 6.07) is 0. The van der Waals surface area contributed by atoms with E-state index in [4.69, 9.17) is 4.74 Å². The normalized spacial score (nSPS) is 13.3. The van der Waals surface area contributed by atoms with Gasteiger partial charge in [-0.05, 0) is 44.2 Å². The molecule has 0 aromatic heterocycles. The van der Waals surface area contributed by atoms with Crippen molar-refractivity contribution in [2.45, 2.75) is 53.4 Å². The molecular formula is C14H31NO. The Labute approximate surface area is 102 Å². The van der Waals surface area contributed by atoms with E-state index in [2.05, 4.69) is 33.0 Å². The van der Waals surface area contributed by atoms with Crippen LogP contribution in [0.25, 0.3) is 0 Å². The van der Waals surface area contributed by atoms with E-state index in [-0.39, 0.29) is 0 Å². The van der Waals surface area contributed by atoms with Crippen molar-refractivity contribution in [3.8, 4) is 0 Å². The lowest BCUT2D eigenvalue weighted by molar-refractivity contribution is 0.109. The van der Waals surface area contributed by atoms with E-state index in [1.54, 1.807) is 0 Å². The van der Waals surface area contributed by atoms with Crippen molar-refractivity contribution < 1.29 is 4.74 Å². The van der Waals surface area contributed by atoms with Crippen LogP contribution in [0.2, 0.25) is 0 Å². The van der Waals surface area contributed by atoms with Crippen molar-refractivity contribution in [1.29, 1.82) is 0 Å². The zero-order valence-electron chi connectivity index (χ0n) is 11.7. The molecule has 0 rings (SSSR count). The second-order valence-corrected chi connectivity index (χ2v) is 5.05. The van der Waals surface area contributed by atoms with E-state index in [0.29, 0.717) is 0 Å². The average molecular weight is 229 g/mol. The molecule has 0 bridgehead atoms. The Kier molecular flexibility index (Phi) is 11.3. The summed E-state index contributed by atoms with van der Waals surface area (Å²) in [4.78, 5) is 0. The van der Waals surface area contributed by atoms with Gasteiger partial charge in [-0.3, -0.25) is 0 Å². The Hall–Kier alpha value is -0.0800. The molecule has 0 fully saturated rings. The van der Waals surface area contributed by atoms with Gasteiger partial charge in [0.05, 0.1) is 0 Å². The van der Waals surface area contributed by atoms with Crippen LogP contribution in [-0.4, -0.2) is 26.3 Å². The monoisotopic (exact) mass is 229 g/mol. The summed E-state index contributed by atoms with van der Waals surface area (Å²) >= 11 is 0. The Morgan fingerprint density at radius 1 is 1.00 bits per heavy atom. The average Bonchev–Trinajstić information content (AvgIpc) is 2.24. The molecule has 0 amide bonds. The summed E-state index contributed by atoms with van der Waals surface area (Å²) in [6.07, 6.45) is 4.99. The summed E-state index contributed by atoms with van der Waals surface area (Å²) in [7, 11) is 0. The third kappa shape index (κ3) is 10.4. The predicted octanol–water partition coefficient (Wildman–Crippen LogP) is 3.47. The van der Waals surface area contributed by atoms with Crippen LogP contribution in [0.1, 0.15) is 53.4 Å². The van der Waals surface area contributed by atoms with Crippen LogP contribution in [-0.2, 0) is 4.74 Å². The molecule has 2 nitrogen and oxygen atoms in total. The summed E-state index contributed by atoms with van der Waals surface area (Å²) in [6.45, 7) is 13.0. The molecule has 0 aromatic carbocycles. The van der Waals surface area contributed by atoms with E-state index in [1.165, 1.54) is 25.7 Å². The number of ether oxygens (including phenoxy) is 1. The first-order chi connectivity index (χ1) is 7.70. The molecular weight excluding hydrogens is 198 g/mol. The molecule has 16 heavy (non-hydrogen) atoms. The standard InChI is InChI=1S/C14H31NO/c1-5-7-14(12-15-6-2)9-11-16-10-8-13(3)4/h13-15H,5-12H2,1-4H3. The summed E-state index contributed by atoms with van der Waals surface area (Å²) < 4.78 is 5.67. The zero-order valence-corrected chi connectivity index (χ0v) is 11.7. The molecule has 0 saturated carbocycles. The molecule has 1 N–H and O–H groups in total. The highest BCUT2D eigenvalue weighted by Crippen LogP contribution is 2.10. The number of hydrogen-bond donors (Lipinski definition) is 1. The van der Waals surface area contributed by atoms with Gasteiger partial charge in [0.25, 0.3) is 0 Å². The van der Waals surface area contributed by atoms with Gasteiger partial charge >= 0.3 is 0 Å². The highest BCUT2D eigenvalue weighted by atomic mass is 16.5. The first-order valence-electron chi connectivity index (χ1n) is 6.99. The fourth-order valence-corrected chi connectivity index (χ4v) is 1.78. The van der Waals surface area contributed by atoms with Crippen molar-refractivity contribution in [3.63, 3.8) is 0 Å². The Bertz CT molecular complexity index is 137.